The number of aromatic nitrogens is 1. The van der Waals surface area contributed by atoms with E-state index in [0.29, 0.717) is 36.4 Å². The molecule has 2 saturated heterocycles. The highest BCUT2D eigenvalue weighted by atomic mass is 32.1. The molecule has 2 aliphatic rings. The minimum absolute atomic E-state index is 0. The second kappa shape index (κ2) is 7.88. The molecule has 1 aromatic carbocycles. The lowest BCUT2D eigenvalue weighted by molar-refractivity contribution is -0.0997. The lowest BCUT2D eigenvalue weighted by atomic mass is 9.85. The summed E-state index contributed by atoms with van der Waals surface area (Å²) in [5, 5.41) is 12.2. The SMILES string of the molecule is Cc1nc([C@]23CCN(C(=O)c4ccc(OCC(C)(O)F)c(C)c4)CC2OCO3)cs1.[HH]. The molecule has 3 heterocycles. The molecular formula is C21H27FN2O5S. The molecule has 30 heavy (non-hydrogen) atoms. The predicted octanol–water partition coefficient (Wildman–Crippen LogP) is 3.18. The van der Waals surface area contributed by atoms with Crippen molar-refractivity contribution in [3.63, 3.8) is 0 Å². The maximum atomic E-state index is 13.3. The number of carbonyl (C=O) groups excluding carboxylic acids is 1. The van der Waals surface area contributed by atoms with Crippen LogP contribution < -0.4 is 4.74 Å². The van der Waals surface area contributed by atoms with Crippen molar-refractivity contribution in [2.45, 2.75) is 44.8 Å². The Kier molecular flexibility index (Phi) is 5.56. The Hall–Kier alpha value is -2.07. The Morgan fingerprint density at radius 1 is 1.53 bits per heavy atom. The second-order valence-corrected chi connectivity index (χ2v) is 9.03. The maximum Gasteiger partial charge on any atom is 0.253 e. The van der Waals surface area contributed by atoms with Crippen LogP contribution >= 0.6 is 11.3 Å². The largest absolute Gasteiger partial charge is 0.487 e. The number of amides is 1. The molecule has 164 valence electrons. The summed E-state index contributed by atoms with van der Waals surface area (Å²) in [6.07, 6.45) is 0.338. The molecule has 9 heteroatoms. The average molecular weight is 439 g/mol. The molecule has 4 rings (SSSR count). The zero-order valence-corrected chi connectivity index (χ0v) is 18.0. The van der Waals surface area contributed by atoms with E-state index in [1.165, 1.54) is 0 Å². The number of hydrogen-bond acceptors (Lipinski definition) is 7. The molecule has 0 bridgehead atoms. The van der Waals surface area contributed by atoms with Gasteiger partial charge in [0.05, 0.1) is 17.2 Å². The Morgan fingerprint density at radius 2 is 2.33 bits per heavy atom. The summed E-state index contributed by atoms with van der Waals surface area (Å²) in [6.45, 7) is 5.40. The van der Waals surface area contributed by atoms with Gasteiger partial charge < -0.3 is 24.2 Å². The van der Waals surface area contributed by atoms with Crippen molar-refractivity contribution >= 4 is 17.2 Å². The fraction of sp³-hybridized carbons (Fsp3) is 0.524. The molecule has 1 N–H and O–H groups in total. The van der Waals surface area contributed by atoms with Crippen molar-refractivity contribution in [2.75, 3.05) is 26.5 Å². The number of halogens is 1. The monoisotopic (exact) mass is 438 g/mol. The molecule has 0 radical (unpaired) electrons. The standard InChI is InChI=1S/C21H25FN2O5S.H2/c1-13-8-15(4-5-16(13)27-11-20(3,22)26)19(25)24-7-6-21(17-10-30-14(2)23-17)18(9-24)28-12-29-21;/h4-5,8,10,18,26H,6-7,9,11-12H2,1-3H3;1H/t18?,20?,21-;/m1./s1. The first-order valence-electron chi connectivity index (χ1n) is 9.80. The first-order valence-corrected chi connectivity index (χ1v) is 10.7. The molecule has 1 aromatic heterocycles. The number of nitrogens with zero attached hydrogens (tertiary/aromatic N) is 2. The van der Waals surface area contributed by atoms with Gasteiger partial charge in [0.2, 0.25) is 5.85 Å². The van der Waals surface area contributed by atoms with E-state index in [1.54, 1.807) is 41.4 Å². The number of alkyl halides is 1. The van der Waals surface area contributed by atoms with Gasteiger partial charge in [-0.05, 0) is 44.5 Å². The fourth-order valence-electron chi connectivity index (χ4n) is 3.92. The van der Waals surface area contributed by atoms with Gasteiger partial charge in [-0.2, -0.15) is 0 Å². The van der Waals surface area contributed by atoms with Gasteiger partial charge >= 0.3 is 0 Å². The fourth-order valence-corrected chi connectivity index (χ4v) is 4.61. The van der Waals surface area contributed by atoms with Crippen LogP contribution in [0.15, 0.2) is 23.6 Å². The predicted molar refractivity (Wildman–Crippen MR) is 110 cm³/mol. The van der Waals surface area contributed by atoms with Gasteiger partial charge in [0, 0.05) is 25.3 Å². The summed E-state index contributed by atoms with van der Waals surface area (Å²) in [4.78, 5) is 19.5. The van der Waals surface area contributed by atoms with Crippen molar-refractivity contribution < 1.29 is 29.9 Å². The first-order chi connectivity index (χ1) is 14.2. The highest BCUT2D eigenvalue weighted by molar-refractivity contribution is 7.09. The van der Waals surface area contributed by atoms with E-state index in [4.69, 9.17) is 14.2 Å². The highest BCUT2D eigenvalue weighted by Crippen LogP contribution is 2.43. The van der Waals surface area contributed by atoms with E-state index < -0.39 is 18.1 Å². The summed E-state index contributed by atoms with van der Waals surface area (Å²) < 4.78 is 30.4. The third kappa shape index (κ3) is 4.07. The van der Waals surface area contributed by atoms with Crippen molar-refractivity contribution in [3.8, 4) is 5.75 Å². The zero-order valence-electron chi connectivity index (χ0n) is 17.2. The van der Waals surface area contributed by atoms with E-state index >= 15 is 0 Å². The molecule has 2 aromatic rings. The van der Waals surface area contributed by atoms with Crippen molar-refractivity contribution in [2.24, 2.45) is 0 Å². The van der Waals surface area contributed by atoms with E-state index in [9.17, 15) is 14.3 Å². The normalized spacial score (nSPS) is 25.6. The molecule has 2 aliphatic heterocycles. The van der Waals surface area contributed by atoms with Crippen LogP contribution in [0.5, 0.6) is 5.75 Å². The number of aliphatic hydroxyl groups is 1. The van der Waals surface area contributed by atoms with Crippen LogP contribution in [0.4, 0.5) is 4.39 Å². The molecule has 0 spiro atoms. The zero-order chi connectivity index (χ0) is 21.5. The third-order valence-corrected chi connectivity index (χ3v) is 6.27. The van der Waals surface area contributed by atoms with Crippen LogP contribution in [0.1, 0.15) is 41.4 Å². The Bertz CT molecular complexity index is 950. The summed E-state index contributed by atoms with van der Waals surface area (Å²) in [5.41, 5.74) is 1.48. The van der Waals surface area contributed by atoms with E-state index in [2.05, 4.69) is 4.98 Å². The van der Waals surface area contributed by atoms with E-state index in [1.807, 2.05) is 12.3 Å². The van der Waals surface area contributed by atoms with E-state index in [-0.39, 0.29) is 20.2 Å². The number of carbonyl (C=O) groups is 1. The lowest BCUT2D eigenvalue weighted by Crippen LogP contribution is -2.53. The summed E-state index contributed by atoms with van der Waals surface area (Å²) in [5.74, 6) is -2.10. The van der Waals surface area contributed by atoms with Crippen LogP contribution in [0, 0.1) is 13.8 Å². The van der Waals surface area contributed by atoms with Crippen LogP contribution in [0.3, 0.4) is 0 Å². The quantitative estimate of drug-likeness (QED) is 0.772. The van der Waals surface area contributed by atoms with Crippen LogP contribution in [-0.4, -0.2) is 59.3 Å². The number of piperidine rings is 1. The number of thiazole rings is 1. The van der Waals surface area contributed by atoms with Crippen molar-refractivity contribution in [1.82, 2.24) is 9.88 Å². The number of likely N-dealkylation sites (tertiary alicyclic amines) is 1. The molecule has 2 fully saturated rings. The van der Waals surface area contributed by atoms with Gasteiger partial charge in [-0.25, -0.2) is 9.37 Å². The number of rotatable bonds is 5. The Balaban J connectivity index is 0.00000272. The first kappa shape index (κ1) is 21.2. The van der Waals surface area contributed by atoms with Crippen molar-refractivity contribution in [3.05, 3.63) is 45.4 Å². The number of fused-ring (bicyclic) bond motifs is 1. The van der Waals surface area contributed by atoms with Gasteiger partial charge in [0.15, 0.2) is 0 Å². The van der Waals surface area contributed by atoms with Crippen LogP contribution in [0.25, 0.3) is 0 Å². The topological polar surface area (TPSA) is 81.1 Å². The lowest BCUT2D eigenvalue weighted by Gasteiger charge is -2.40. The van der Waals surface area contributed by atoms with Gasteiger partial charge in [-0.3, -0.25) is 4.79 Å². The maximum absolute atomic E-state index is 13.3. The van der Waals surface area contributed by atoms with E-state index in [0.717, 1.165) is 17.6 Å². The minimum Gasteiger partial charge on any atom is -0.487 e. The van der Waals surface area contributed by atoms with Crippen molar-refractivity contribution in [1.29, 1.82) is 0 Å². The molecule has 0 saturated carbocycles. The summed E-state index contributed by atoms with van der Waals surface area (Å²) in [7, 11) is 0. The molecule has 0 aliphatic carbocycles. The summed E-state index contributed by atoms with van der Waals surface area (Å²) >= 11 is 1.58. The van der Waals surface area contributed by atoms with Gasteiger partial charge in [-0.1, -0.05) is 0 Å². The second-order valence-electron chi connectivity index (χ2n) is 7.97. The molecule has 7 nitrogen and oxygen atoms in total. The number of hydrogen-bond donors (Lipinski definition) is 1. The van der Waals surface area contributed by atoms with Gasteiger partial charge in [0.25, 0.3) is 5.91 Å². The Morgan fingerprint density at radius 3 is 3.00 bits per heavy atom. The average Bonchev–Trinajstić information content (AvgIpc) is 3.32. The van der Waals surface area contributed by atoms with Crippen LogP contribution in [0.2, 0.25) is 0 Å². The minimum atomic E-state index is -2.42. The number of benzene rings is 1. The molecule has 2 unspecified atom stereocenters. The number of ether oxygens (including phenoxy) is 3. The molecular weight excluding hydrogens is 411 g/mol. The highest BCUT2D eigenvalue weighted by Gasteiger charge is 2.52. The molecule has 1 amide bonds. The smallest absolute Gasteiger partial charge is 0.253 e. The Labute approximate surface area is 179 Å². The van der Waals surface area contributed by atoms with Gasteiger partial charge in [-0.15, -0.1) is 11.3 Å². The molecule has 3 atom stereocenters. The number of aryl methyl sites for hydroxylation is 2. The third-order valence-electron chi connectivity index (χ3n) is 5.50. The van der Waals surface area contributed by atoms with Gasteiger partial charge in [0.1, 0.15) is 30.9 Å². The summed E-state index contributed by atoms with van der Waals surface area (Å²) in [6, 6.07) is 4.98. The van der Waals surface area contributed by atoms with Crippen LogP contribution in [-0.2, 0) is 15.1 Å².